The number of carbonyl (C=O) groups is 13. The van der Waals surface area contributed by atoms with E-state index in [0.29, 0.717) is 21.7 Å². The van der Waals surface area contributed by atoms with Gasteiger partial charge in [0.15, 0.2) is 0 Å². The van der Waals surface area contributed by atoms with Gasteiger partial charge in [-0.15, -0.1) is 0 Å². The Kier molecular flexibility index (Phi) is 32.2. The molecular weight excluding hydrogens is 1200 g/mol. The number of nitrogens with zero attached hydrogens (tertiary/aromatic N) is 1. The van der Waals surface area contributed by atoms with Crippen molar-refractivity contribution in [2.75, 3.05) is 110 Å². The summed E-state index contributed by atoms with van der Waals surface area (Å²) in [6, 6.07) is 7.88. The van der Waals surface area contributed by atoms with Gasteiger partial charge in [-0.1, -0.05) is 42.5 Å². The third-order valence-electron chi connectivity index (χ3n) is 12.5. The van der Waals surface area contributed by atoms with E-state index in [-0.39, 0.29) is 91.9 Å². The molecule has 89 heavy (non-hydrogen) atoms. The van der Waals surface area contributed by atoms with Gasteiger partial charge in [-0.3, -0.25) is 67.0 Å². The number of esters is 1. The van der Waals surface area contributed by atoms with Crippen LogP contribution >= 0.6 is 7.60 Å². The number of nitrogens with one attached hydrogen (secondary N) is 10. The van der Waals surface area contributed by atoms with Crippen molar-refractivity contribution in [3.8, 4) is 0 Å². The topological polar surface area (TPSA) is 490 Å². The molecule has 14 N–H and O–H groups in total. The van der Waals surface area contributed by atoms with Crippen LogP contribution < -0.4 is 53.2 Å². The summed E-state index contributed by atoms with van der Waals surface area (Å²) in [4.78, 5) is 184. The lowest BCUT2D eigenvalue weighted by Gasteiger charge is -2.25. The van der Waals surface area contributed by atoms with Crippen molar-refractivity contribution in [2.45, 2.75) is 68.9 Å². The average Bonchev–Trinajstić information content (AvgIpc) is 2.49. The molecule has 0 aromatic heterocycles. The molecule has 0 bridgehead atoms. The minimum Gasteiger partial charge on any atom is -0.464 e. The normalized spacial score (nSPS) is 14.9. The Hall–Kier alpha value is -8.60. The highest BCUT2D eigenvalue weighted by Gasteiger charge is 2.37. The summed E-state index contributed by atoms with van der Waals surface area (Å²) in [5, 5.41) is 43.1. The van der Waals surface area contributed by atoms with Crippen molar-refractivity contribution in [3.63, 3.8) is 0 Å². The Labute approximate surface area is 509 Å². The van der Waals surface area contributed by atoms with Gasteiger partial charge in [0.05, 0.1) is 105 Å². The molecule has 0 unspecified atom stereocenters. The number of hydrogen-bond donors (Lipinski definition) is 14. The van der Waals surface area contributed by atoms with Crippen molar-refractivity contribution in [3.05, 3.63) is 77.9 Å². The van der Waals surface area contributed by atoms with Crippen LogP contribution in [0.25, 0.3) is 0 Å². The van der Waals surface area contributed by atoms with E-state index in [2.05, 4.69) is 53.2 Å². The largest absolute Gasteiger partial charge is 0.464 e. The van der Waals surface area contributed by atoms with Crippen LogP contribution in [0.4, 0.5) is 5.69 Å². The summed E-state index contributed by atoms with van der Waals surface area (Å²) in [7, 11) is -4.47. The fraction of sp³-hybridized carbons (Fsp3) is 0.500. The lowest BCUT2D eigenvalue weighted by Crippen LogP contribution is -2.57. The molecule has 0 radical (unpaired) electrons. The number of rotatable bonds is 42. The molecule has 12 amide bonds. The molecule has 2 aliphatic rings. The second-order valence-corrected chi connectivity index (χ2v) is 21.2. The zero-order chi connectivity index (χ0) is 65.1. The average molecular weight is 1280 g/mol. The molecule has 488 valence electrons. The summed E-state index contributed by atoms with van der Waals surface area (Å²) >= 11 is 0. The highest BCUT2D eigenvalue weighted by Crippen LogP contribution is 2.34. The maximum Gasteiger partial charge on any atom is 0.328 e. The highest BCUT2D eigenvalue weighted by molar-refractivity contribution is 7.51. The number of amides is 12. The Morgan fingerprint density at radius 3 is 1.75 bits per heavy atom. The van der Waals surface area contributed by atoms with Crippen molar-refractivity contribution in [1.82, 2.24) is 52.8 Å². The van der Waals surface area contributed by atoms with Crippen molar-refractivity contribution < 1.29 is 111 Å². The molecule has 4 rings (SSSR count). The van der Waals surface area contributed by atoms with Gasteiger partial charge in [0.2, 0.25) is 59.1 Å². The summed E-state index contributed by atoms with van der Waals surface area (Å²) in [6.07, 6.45) is -0.304. The van der Waals surface area contributed by atoms with Gasteiger partial charge in [-0.2, -0.15) is 0 Å². The number of benzene rings is 2. The van der Waals surface area contributed by atoms with Crippen LogP contribution in [-0.4, -0.2) is 237 Å². The third-order valence-corrected chi connectivity index (χ3v) is 13.3. The van der Waals surface area contributed by atoms with Gasteiger partial charge < -0.3 is 96.9 Å². The van der Waals surface area contributed by atoms with Crippen LogP contribution in [0.3, 0.4) is 0 Å². The van der Waals surface area contributed by atoms with E-state index in [9.17, 15) is 77.1 Å². The van der Waals surface area contributed by atoms with E-state index >= 15 is 0 Å². The second kappa shape index (κ2) is 39.3. The van der Waals surface area contributed by atoms with E-state index in [1.807, 2.05) is 0 Å². The van der Waals surface area contributed by atoms with Crippen molar-refractivity contribution >= 4 is 90.1 Å². The molecule has 0 saturated carbocycles. The van der Waals surface area contributed by atoms with E-state index in [1.54, 1.807) is 54.6 Å². The van der Waals surface area contributed by atoms with Crippen LogP contribution in [0.2, 0.25) is 0 Å². The van der Waals surface area contributed by atoms with Crippen LogP contribution in [0, 0.1) is 0 Å². The van der Waals surface area contributed by atoms with Crippen LogP contribution in [0.15, 0.2) is 66.7 Å². The smallest absolute Gasteiger partial charge is 0.328 e. The monoisotopic (exact) mass is 1280 g/mol. The predicted octanol–water partition coefficient (Wildman–Crippen LogP) is -6.47. The number of aliphatic hydroxyl groups excluding tert-OH is 2. The second-order valence-electron chi connectivity index (χ2n) is 19.4. The fourth-order valence-corrected chi connectivity index (χ4v) is 8.38. The zero-order valence-electron chi connectivity index (χ0n) is 48.2. The zero-order valence-corrected chi connectivity index (χ0v) is 49.1. The first kappa shape index (κ1) is 72.9. The molecule has 1 fully saturated rings. The Bertz CT molecular complexity index is 2830. The van der Waals surface area contributed by atoms with Crippen molar-refractivity contribution in [2.24, 2.45) is 0 Å². The van der Waals surface area contributed by atoms with E-state index in [1.165, 1.54) is 0 Å². The number of imide groups is 1. The maximum absolute atomic E-state index is 13.5. The molecule has 2 aromatic carbocycles. The lowest BCUT2D eigenvalue weighted by atomic mass is 10.1. The number of hydrogen-bond acceptors (Lipinski definition) is 21. The lowest BCUT2D eigenvalue weighted by molar-refractivity contribution is -0.145. The predicted molar refractivity (Wildman–Crippen MR) is 305 cm³/mol. The third kappa shape index (κ3) is 28.9. The Morgan fingerprint density at radius 1 is 0.573 bits per heavy atom. The molecule has 0 spiro atoms. The van der Waals surface area contributed by atoms with Crippen LogP contribution in [-0.2, 0) is 104 Å². The number of ether oxygens (including phenoxy) is 5. The van der Waals surface area contributed by atoms with Crippen LogP contribution in [0.1, 0.15) is 36.8 Å². The van der Waals surface area contributed by atoms with E-state index in [4.69, 9.17) is 33.5 Å². The Morgan fingerprint density at radius 2 is 1.16 bits per heavy atom. The molecule has 2 aliphatic heterocycles. The standard InChI is InChI=1S/C54H74N11O23P/c66-32-35-6-8-36(9-7-35)60-46(72)31-59-50(76)38(26-34-4-2-1-3-5-34)63-47(73)30-57-45(71)29-58-51(77)40(33-67)64-52(78)39(27-44(70)61-37-12-17-88-54(37)80)62-43(69)13-16-84-19-21-86-23-24-87-22-20-85-18-15-55-53(79)41(65-48(74)10-11-49(65)75)28-56-42(68)14-25-89(81,82)83/h1-11,37-41,66-67H,12-33H2,(H,55,79)(H,56,68)(H,57,71)(H,58,77)(H,59,76)(H,60,72)(H,61,70)(H,62,69)(H,63,73)(H,64,78)(H2,81,82,83)/t37-,38-,39-,40-,41-/m0/s1. The fourth-order valence-electron chi connectivity index (χ4n) is 7.89. The molecule has 34 nitrogen and oxygen atoms in total. The van der Waals surface area contributed by atoms with Gasteiger partial charge in [0.25, 0.3) is 11.8 Å². The summed E-state index contributed by atoms with van der Waals surface area (Å²) < 4.78 is 37.6. The summed E-state index contributed by atoms with van der Waals surface area (Å²) in [5.41, 5.74) is 1.70. The van der Waals surface area contributed by atoms with Gasteiger partial charge in [0, 0.05) is 56.6 Å². The maximum atomic E-state index is 13.5. The number of aliphatic hydroxyl groups is 2. The minimum absolute atomic E-state index is 0.00186. The first-order valence-corrected chi connectivity index (χ1v) is 29.6. The molecule has 35 heteroatoms. The molecule has 2 heterocycles. The first-order chi connectivity index (χ1) is 42.5. The SMILES string of the molecule is O=C(CCP(=O)(O)O)NC[C@@H](C(=O)NCCOCCOCCOCCOCCC(=O)N[C@@H](CC(=O)N[C@H]1CCOC1=O)C(=O)N[C@@H](CO)C(=O)NCC(=O)NCC(=O)N[C@@H](Cc1ccccc1)C(=O)NCC(=O)Nc1ccc(CO)cc1)N1C(=O)C=CC1=O. The molecule has 2 aromatic rings. The number of cyclic esters (lactones) is 1. The van der Waals surface area contributed by atoms with Crippen molar-refractivity contribution in [1.29, 1.82) is 0 Å². The van der Waals surface area contributed by atoms with E-state index < -0.39 is 166 Å². The quantitative estimate of drug-likeness (QED) is 0.0127. The van der Waals surface area contributed by atoms with Gasteiger partial charge in [-0.25, -0.2) is 4.79 Å². The van der Waals surface area contributed by atoms with E-state index in [0.717, 1.165) is 12.2 Å². The molecule has 5 atom stereocenters. The highest BCUT2D eigenvalue weighted by atomic mass is 31.2. The van der Waals surface area contributed by atoms with Gasteiger partial charge in [-0.05, 0) is 23.3 Å². The molecule has 0 aliphatic carbocycles. The summed E-state index contributed by atoms with van der Waals surface area (Å²) in [6.45, 7) is -3.24. The first-order valence-electron chi connectivity index (χ1n) is 27.8. The van der Waals surface area contributed by atoms with Gasteiger partial charge in [0.1, 0.15) is 30.2 Å². The Balaban J connectivity index is 1.13. The van der Waals surface area contributed by atoms with Crippen LogP contribution in [0.5, 0.6) is 0 Å². The minimum atomic E-state index is -4.47. The molecule has 1 saturated heterocycles. The van der Waals surface area contributed by atoms with Gasteiger partial charge >= 0.3 is 13.6 Å². The summed E-state index contributed by atoms with van der Waals surface area (Å²) in [5.74, 6) is -10.8. The molecular formula is C54H74N11O23P. The number of carbonyl (C=O) groups excluding carboxylic acids is 13. The number of anilines is 1.